The number of amides is 5. The summed E-state index contributed by atoms with van der Waals surface area (Å²) in [4.78, 5) is 44.9. The van der Waals surface area contributed by atoms with Crippen molar-refractivity contribution in [1.29, 1.82) is 0 Å². The van der Waals surface area contributed by atoms with Crippen LogP contribution in [0.15, 0.2) is 0 Å². The highest BCUT2D eigenvalue weighted by atomic mass is 16.4. The van der Waals surface area contributed by atoms with Crippen LogP contribution in [0, 0.1) is 0 Å². The van der Waals surface area contributed by atoms with Gasteiger partial charge in [0.15, 0.2) is 0 Å². The predicted molar refractivity (Wildman–Crippen MR) is 69.1 cm³/mol. The van der Waals surface area contributed by atoms with E-state index in [-0.39, 0.29) is 25.7 Å². The molecule has 0 aliphatic rings. The minimum absolute atomic E-state index is 0.197. The number of carboxylic acids is 1. The standard InChI is InChI=1S/C10H19N5O5/c1-15(2)10(20)12-4-3-11-9(19)14-5-7(16)13-6-8(17)18/h3-6H2,1-2H3,(H,12,20)(H,13,16)(H,17,18)(H2,11,14,19). The van der Waals surface area contributed by atoms with E-state index in [4.69, 9.17) is 5.11 Å². The molecule has 0 saturated carbocycles. The quantitative estimate of drug-likeness (QED) is 0.337. The van der Waals surface area contributed by atoms with Crippen LogP contribution < -0.4 is 21.3 Å². The third kappa shape index (κ3) is 9.50. The Hall–Kier alpha value is -2.52. The van der Waals surface area contributed by atoms with Crippen molar-refractivity contribution in [3.8, 4) is 0 Å². The lowest BCUT2D eigenvalue weighted by atomic mass is 10.5. The van der Waals surface area contributed by atoms with E-state index < -0.39 is 24.5 Å². The third-order valence-corrected chi connectivity index (χ3v) is 1.94. The Kier molecular flexibility index (Phi) is 8.23. The first-order chi connectivity index (χ1) is 9.32. The van der Waals surface area contributed by atoms with Crippen LogP contribution in [-0.2, 0) is 9.59 Å². The number of aliphatic carboxylic acids is 1. The molecule has 5 amide bonds. The number of carbonyl (C=O) groups is 4. The lowest BCUT2D eigenvalue weighted by molar-refractivity contribution is -0.137. The summed E-state index contributed by atoms with van der Waals surface area (Å²) in [5.41, 5.74) is 0. The van der Waals surface area contributed by atoms with Crippen LogP contribution in [0.1, 0.15) is 0 Å². The summed E-state index contributed by atoms with van der Waals surface area (Å²) in [6.07, 6.45) is 0. The Morgan fingerprint density at radius 1 is 0.900 bits per heavy atom. The number of carboxylic acid groups (broad SMARTS) is 1. The van der Waals surface area contributed by atoms with Gasteiger partial charge in [-0.3, -0.25) is 9.59 Å². The van der Waals surface area contributed by atoms with E-state index in [1.165, 1.54) is 4.90 Å². The van der Waals surface area contributed by atoms with Gasteiger partial charge in [0, 0.05) is 27.2 Å². The van der Waals surface area contributed by atoms with Gasteiger partial charge in [0.1, 0.15) is 6.54 Å². The van der Waals surface area contributed by atoms with E-state index in [1.54, 1.807) is 14.1 Å². The highest BCUT2D eigenvalue weighted by Crippen LogP contribution is 1.75. The lowest BCUT2D eigenvalue weighted by Crippen LogP contribution is -2.45. The summed E-state index contributed by atoms with van der Waals surface area (Å²) in [6.45, 7) is -0.389. The fraction of sp³-hybridized carbons (Fsp3) is 0.600. The summed E-state index contributed by atoms with van der Waals surface area (Å²) in [5.74, 6) is -1.78. The zero-order valence-electron chi connectivity index (χ0n) is 11.4. The van der Waals surface area contributed by atoms with Gasteiger partial charge < -0.3 is 31.3 Å². The number of carbonyl (C=O) groups excluding carboxylic acids is 3. The van der Waals surface area contributed by atoms with Gasteiger partial charge in [-0.25, -0.2) is 9.59 Å². The summed E-state index contributed by atoms with van der Waals surface area (Å²) >= 11 is 0. The van der Waals surface area contributed by atoms with Crippen LogP contribution in [-0.4, -0.2) is 74.2 Å². The molecule has 0 saturated heterocycles. The van der Waals surface area contributed by atoms with Crippen LogP contribution in [0.5, 0.6) is 0 Å². The predicted octanol–water partition coefficient (Wildman–Crippen LogP) is -2.24. The third-order valence-electron chi connectivity index (χ3n) is 1.94. The molecular formula is C10H19N5O5. The van der Waals surface area contributed by atoms with Gasteiger partial charge >= 0.3 is 18.0 Å². The first kappa shape index (κ1) is 17.5. The van der Waals surface area contributed by atoms with Crippen molar-refractivity contribution in [2.24, 2.45) is 0 Å². The molecule has 0 aliphatic carbocycles. The maximum absolute atomic E-state index is 11.2. The van der Waals surface area contributed by atoms with Gasteiger partial charge in [0.2, 0.25) is 5.91 Å². The summed E-state index contributed by atoms with van der Waals surface area (Å²) in [5, 5.41) is 17.6. The monoisotopic (exact) mass is 289 g/mol. The van der Waals surface area contributed by atoms with Crippen molar-refractivity contribution >= 4 is 23.9 Å². The van der Waals surface area contributed by atoms with E-state index in [1.807, 2.05) is 0 Å². The molecule has 5 N–H and O–H groups in total. The van der Waals surface area contributed by atoms with E-state index in [9.17, 15) is 19.2 Å². The van der Waals surface area contributed by atoms with Gasteiger partial charge in [-0.1, -0.05) is 0 Å². The van der Waals surface area contributed by atoms with Crippen LogP contribution in [0.2, 0.25) is 0 Å². The molecule has 114 valence electrons. The molecule has 10 nitrogen and oxygen atoms in total. The van der Waals surface area contributed by atoms with Gasteiger partial charge in [-0.05, 0) is 0 Å². The van der Waals surface area contributed by atoms with Gasteiger partial charge in [-0.15, -0.1) is 0 Å². The maximum Gasteiger partial charge on any atom is 0.322 e. The average Bonchev–Trinajstić information content (AvgIpc) is 2.38. The topological polar surface area (TPSA) is 140 Å². The molecule has 20 heavy (non-hydrogen) atoms. The van der Waals surface area contributed by atoms with Crippen LogP contribution in [0.25, 0.3) is 0 Å². The normalized spacial score (nSPS) is 9.30. The van der Waals surface area contributed by atoms with Crippen molar-refractivity contribution in [2.75, 3.05) is 40.3 Å². The zero-order chi connectivity index (χ0) is 15.5. The van der Waals surface area contributed by atoms with Crippen LogP contribution >= 0.6 is 0 Å². The Bertz CT molecular complexity index is 371. The molecule has 0 bridgehead atoms. The highest BCUT2D eigenvalue weighted by Gasteiger charge is 2.06. The van der Waals surface area contributed by atoms with Crippen LogP contribution in [0.3, 0.4) is 0 Å². The van der Waals surface area contributed by atoms with Gasteiger partial charge in [0.05, 0.1) is 6.54 Å². The molecule has 0 spiro atoms. The zero-order valence-corrected chi connectivity index (χ0v) is 11.4. The Morgan fingerprint density at radius 2 is 1.50 bits per heavy atom. The van der Waals surface area contributed by atoms with Crippen molar-refractivity contribution in [3.05, 3.63) is 0 Å². The van der Waals surface area contributed by atoms with Crippen LogP contribution in [0.4, 0.5) is 9.59 Å². The number of nitrogens with zero attached hydrogens (tertiary/aromatic N) is 1. The molecule has 0 unspecified atom stereocenters. The van der Waals surface area contributed by atoms with Crippen molar-refractivity contribution in [2.45, 2.75) is 0 Å². The minimum atomic E-state index is -1.17. The van der Waals surface area contributed by atoms with E-state index in [0.717, 1.165) is 0 Å². The molecule has 0 aromatic rings. The number of hydrogen-bond acceptors (Lipinski definition) is 4. The second kappa shape index (κ2) is 9.42. The van der Waals surface area contributed by atoms with Crippen molar-refractivity contribution < 1.29 is 24.3 Å². The number of rotatable bonds is 7. The number of hydrogen-bond donors (Lipinski definition) is 5. The molecule has 0 rings (SSSR count). The van der Waals surface area contributed by atoms with Gasteiger partial charge in [-0.2, -0.15) is 0 Å². The second-order valence-electron chi connectivity index (χ2n) is 3.91. The maximum atomic E-state index is 11.2. The first-order valence-electron chi connectivity index (χ1n) is 5.78. The summed E-state index contributed by atoms with van der Waals surface area (Å²) < 4.78 is 0. The van der Waals surface area contributed by atoms with E-state index in [2.05, 4.69) is 21.3 Å². The summed E-state index contributed by atoms with van der Waals surface area (Å²) in [6, 6.07) is -0.866. The molecule has 0 aliphatic heterocycles. The van der Waals surface area contributed by atoms with Gasteiger partial charge in [0.25, 0.3) is 0 Å². The largest absolute Gasteiger partial charge is 0.480 e. The molecular weight excluding hydrogens is 270 g/mol. The number of urea groups is 2. The fourth-order valence-corrected chi connectivity index (χ4v) is 0.963. The molecule has 0 radical (unpaired) electrons. The van der Waals surface area contributed by atoms with E-state index >= 15 is 0 Å². The minimum Gasteiger partial charge on any atom is -0.480 e. The molecule has 0 aromatic carbocycles. The fourth-order valence-electron chi connectivity index (χ4n) is 0.963. The second-order valence-corrected chi connectivity index (χ2v) is 3.91. The van der Waals surface area contributed by atoms with Crippen molar-refractivity contribution in [3.63, 3.8) is 0 Å². The molecule has 0 fully saturated rings. The average molecular weight is 289 g/mol. The first-order valence-corrected chi connectivity index (χ1v) is 5.78. The Balaban J connectivity index is 3.61. The molecule has 10 heteroatoms. The SMILES string of the molecule is CN(C)C(=O)NCCNC(=O)NCC(=O)NCC(=O)O. The molecule has 0 heterocycles. The Labute approximate surface area is 115 Å². The highest BCUT2D eigenvalue weighted by molar-refractivity contribution is 5.86. The van der Waals surface area contributed by atoms with Crippen molar-refractivity contribution in [1.82, 2.24) is 26.2 Å². The molecule has 0 atom stereocenters. The summed E-state index contributed by atoms with van der Waals surface area (Å²) in [7, 11) is 3.18. The lowest BCUT2D eigenvalue weighted by Gasteiger charge is -2.12. The Morgan fingerprint density at radius 3 is 2.05 bits per heavy atom. The smallest absolute Gasteiger partial charge is 0.322 e. The van der Waals surface area contributed by atoms with E-state index in [0.29, 0.717) is 0 Å². The number of nitrogens with one attached hydrogen (secondary N) is 4. The molecule has 0 aromatic heterocycles.